The van der Waals surface area contributed by atoms with Crippen LogP contribution in [0.15, 0.2) is 36.5 Å². The molecule has 0 amide bonds. The van der Waals surface area contributed by atoms with Gasteiger partial charge < -0.3 is 5.32 Å². The second-order valence-corrected chi connectivity index (χ2v) is 7.91. The quantitative estimate of drug-likeness (QED) is 0.684. The minimum absolute atomic E-state index is 0.182. The number of anilines is 1. The zero-order chi connectivity index (χ0) is 17.7. The summed E-state index contributed by atoms with van der Waals surface area (Å²) in [5.74, 6) is 2.63. The van der Waals surface area contributed by atoms with Gasteiger partial charge in [-0.25, -0.2) is 4.39 Å². The van der Waals surface area contributed by atoms with Crippen LogP contribution in [-0.4, -0.2) is 21.1 Å². The van der Waals surface area contributed by atoms with Gasteiger partial charge in [-0.3, -0.25) is 4.40 Å². The number of rotatable bonds is 6. The lowest BCUT2D eigenvalue weighted by Crippen LogP contribution is -2.06. The maximum absolute atomic E-state index is 13.0. The average molecular weight is 371 g/mol. The second kappa shape index (κ2) is 6.23. The molecule has 5 rings (SSSR count). The van der Waals surface area contributed by atoms with Crippen molar-refractivity contribution in [2.45, 2.75) is 31.6 Å². The van der Waals surface area contributed by atoms with Gasteiger partial charge in [0.25, 0.3) is 0 Å². The third kappa shape index (κ3) is 3.05. The van der Waals surface area contributed by atoms with E-state index < -0.39 is 0 Å². The van der Waals surface area contributed by atoms with Crippen molar-refractivity contribution in [3.8, 4) is 0 Å². The highest BCUT2D eigenvalue weighted by Gasteiger charge is 2.38. The van der Waals surface area contributed by atoms with E-state index in [2.05, 4.69) is 15.5 Å². The molecule has 2 aliphatic rings. The van der Waals surface area contributed by atoms with E-state index in [9.17, 15) is 4.39 Å². The molecule has 2 aromatic heterocycles. The largest absolute Gasteiger partial charge is 0.383 e. The molecule has 1 aromatic carbocycles. The predicted octanol–water partition coefficient (Wildman–Crippen LogP) is 4.69. The van der Waals surface area contributed by atoms with Gasteiger partial charge in [-0.2, -0.15) is 0 Å². The molecule has 3 aromatic rings. The first kappa shape index (κ1) is 16.1. The van der Waals surface area contributed by atoms with E-state index in [0.29, 0.717) is 16.9 Å². The molecule has 134 valence electrons. The van der Waals surface area contributed by atoms with Crippen molar-refractivity contribution in [1.29, 1.82) is 0 Å². The van der Waals surface area contributed by atoms with E-state index in [4.69, 9.17) is 11.6 Å². The Bertz CT molecular complexity index is 948. The van der Waals surface area contributed by atoms with Gasteiger partial charge in [-0.1, -0.05) is 23.7 Å². The fourth-order valence-electron chi connectivity index (χ4n) is 3.66. The summed E-state index contributed by atoms with van der Waals surface area (Å²) in [5.41, 5.74) is 2.83. The number of aromatic nitrogens is 3. The van der Waals surface area contributed by atoms with E-state index in [0.717, 1.165) is 42.5 Å². The Kier molecular flexibility index (Phi) is 3.85. The Hall–Kier alpha value is -2.14. The van der Waals surface area contributed by atoms with Crippen molar-refractivity contribution < 1.29 is 4.39 Å². The molecular formula is C20H20ClFN4. The van der Waals surface area contributed by atoms with Gasteiger partial charge in [0, 0.05) is 19.2 Å². The fraction of sp³-hybridized carbons (Fsp3) is 0.400. The van der Waals surface area contributed by atoms with Crippen LogP contribution in [0.5, 0.6) is 0 Å². The molecule has 2 fully saturated rings. The smallest absolute Gasteiger partial charge is 0.181 e. The SMILES string of the molecule is Fc1ccc(C2CC2CNc2ccn3c(CC4CC4)nnc3c2Cl)cc1. The molecule has 26 heavy (non-hydrogen) atoms. The Morgan fingerprint density at radius 1 is 1.15 bits per heavy atom. The maximum atomic E-state index is 13.0. The van der Waals surface area contributed by atoms with Crippen molar-refractivity contribution in [3.05, 3.63) is 58.8 Å². The first-order valence-corrected chi connectivity index (χ1v) is 9.58. The number of nitrogens with one attached hydrogen (secondary N) is 1. The zero-order valence-electron chi connectivity index (χ0n) is 14.3. The van der Waals surface area contributed by atoms with Crippen LogP contribution in [-0.2, 0) is 6.42 Å². The molecule has 0 saturated heterocycles. The molecule has 6 heteroatoms. The Morgan fingerprint density at radius 2 is 1.96 bits per heavy atom. The molecule has 2 aliphatic carbocycles. The molecule has 2 heterocycles. The monoisotopic (exact) mass is 370 g/mol. The number of benzene rings is 1. The van der Waals surface area contributed by atoms with Gasteiger partial charge in [0.05, 0.1) is 5.69 Å². The summed E-state index contributed by atoms with van der Waals surface area (Å²) in [6.07, 6.45) is 6.68. The summed E-state index contributed by atoms with van der Waals surface area (Å²) in [7, 11) is 0. The van der Waals surface area contributed by atoms with Crippen LogP contribution >= 0.6 is 11.6 Å². The van der Waals surface area contributed by atoms with Gasteiger partial charge in [0.15, 0.2) is 5.65 Å². The predicted molar refractivity (Wildman–Crippen MR) is 100 cm³/mol. The lowest BCUT2D eigenvalue weighted by Gasteiger charge is -2.09. The molecule has 0 spiro atoms. The Labute approximate surface area is 156 Å². The molecule has 2 saturated carbocycles. The maximum Gasteiger partial charge on any atom is 0.181 e. The number of pyridine rings is 1. The van der Waals surface area contributed by atoms with Crippen LogP contribution < -0.4 is 5.32 Å². The van der Waals surface area contributed by atoms with Gasteiger partial charge in [-0.05, 0) is 60.8 Å². The minimum Gasteiger partial charge on any atom is -0.383 e. The van der Waals surface area contributed by atoms with Crippen molar-refractivity contribution in [1.82, 2.24) is 14.6 Å². The van der Waals surface area contributed by atoms with Crippen LogP contribution in [0.25, 0.3) is 5.65 Å². The normalized spacial score (nSPS) is 21.9. The van der Waals surface area contributed by atoms with Gasteiger partial charge >= 0.3 is 0 Å². The first-order chi connectivity index (χ1) is 12.7. The Balaban J connectivity index is 1.26. The topological polar surface area (TPSA) is 42.2 Å². The van der Waals surface area contributed by atoms with Crippen LogP contribution in [0.1, 0.15) is 36.6 Å². The van der Waals surface area contributed by atoms with Crippen molar-refractivity contribution in [3.63, 3.8) is 0 Å². The molecule has 0 bridgehead atoms. The highest BCUT2D eigenvalue weighted by atomic mass is 35.5. The standard InChI is InChI=1S/C20H20ClFN4/c21-19-17(7-8-26-18(9-12-1-2-12)24-25-20(19)26)23-11-14-10-16(14)13-3-5-15(22)6-4-13/h3-8,12,14,16,23H,1-2,9-11H2. The Morgan fingerprint density at radius 3 is 2.73 bits per heavy atom. The number of fused-ring (bicyclic) bond motifs is 1. The average Bonchev–Trinajstić information content (AvgIpc) is 3.55. The molecule has 2 atom stereocenters. The highest BCUT2D eigenvalue weighted by molar-refractivity contribution is 6.36. The summed E-state index contributed by atoms with van der Waals surface area (Å²) < 4.78 is 15.0. The number of hydrogen-bond donors (Lipinski definition) is 1. The van der Waals surface area contributed by atoms with Crippen molar-refractivity contribution >= 4 is 22.9 Å². The van der Waals surface area contributed by atoms with Gasteiger partial charge in [-0.15, -0.1) is 10.2 Å². The molecule has 0 radical (unpaired) electrons. The fourth-order valence-corrected chi connectivity index (χ4v) is 3.92. The van der Waals surface area contributed by atoms with E-state index in [1.165, 1.54) is 30.5 Å². The number of halogens is 2. The summed E-state index contributed by atoms with van der Waals surface area (Å²) in [6, 6.07) is 8.85. The van der Waals surface area contributed by atoms with Crippen LogP contribution in [0.2, 0.25) is 5.02 Å². The second-order valence-electron chi connectivity index (χ2n) is 7.54. The minimum atomic E-state index is -0.182. The summed E-state index contributed by atoms with van der Waals surface area (Å²) in [5, 5.41) is 12.7. The molecule has 4 nitrogen and oxygen atoms in total. The molecule has 1 N–H and O–H groups in total. The zero-order valence-corrected chi connectivity index (χ0v) is 15.1. The lowest BCUT2D eigenvalue weighted by molar-refractivity contribution is 0.627. The van der Waals surface area contributed by atoms with E-state index in [1.54, 1.807) is 0 Å². The lowest BCUT2D eigenvalue weighted by atomic mass is 10.1. The third-order valence-electron chi connectivity index (χ3n) is 5.53. The molecule has 2 unspecified atom stereocenters. The summed E-state index contributed by atoms with van der Waals surface area (Å²) in [4.78, 5) is 0. The van der Waals surface area contributed by atoms with Gasteiger partial charge in [0.1, 0.15) is 16.7 Å². The van der Waals surface area contributed by atoms with Gasteiger partial charge in [0.2, 0.25) is 0 Å². The summed E-state index contributed by atoms with van der Waals surface area (Å²) >= 11 is 6.55. The van der Waals surface area contributed by atoms with Crippen LogP contribution in [0.3, 0.4) is 0 Å². The third-order valence-corrected chi connectivity index (χ3v) is 5.91. The van der Waals surface area contributed by atoms with Crippen LogP contribution in [0, 0.1) is 17.7 Å². The first-order valence-electron chi connectivity index (χ1n) is 9.20. The van der Waals surface area contributed by atoms with Crippen LogP contribution in [0.4, 0.5) is 10.1 Å². The van der Waals surface area contributed by atoms with E-state index in [1.807, 2.05) is 28.8 Å². The van der Waals surface area contributed by atoms with Crippen molar-refractivity contribution in [2.75, 3.05) is 11.9 Å². The number of nitrogens with zero attached hydrogens (tertiary/aromatic N) is 3. The highest BCUT2D eigenvalue weighted by Crippen LogP contribution is 2.47. The molecule has 0 aliphatic heterocycles. The molecular weight excluding hydrogens is 351 g/mol. The van der Waals surface area contributed by atoms with Crippen molar-refractivity contribution in [2.24, 2.45) is 11.8 Å². The van der Waals surface area contributed by atoms with E-state index in [-0.39, 0.29) is 5.82 Å². The summed E-state index contributed by atoms with van der Waals surface area (Å²) in [6.45, 7) is 0.848. The van der Waals surface area contributed by atoms with E-state index >= 15 is 0 Å². The number of hydrogen-bond acceptors (Lipinski definition) is 3.